The molecule has 0 aliphatic carbocycles. The van der Waals surface area contributed by atoms with Gasteiger partial charge in [0.25, 0.3) is 0 Å². The van der Waals surface area contributed by atoms with Crippen molar-refractivity contribution in [3.05, 3.63) is 69.2 Å². The highest BCUT2D eigenvalue weighted by atomic mass is 79.9. The van der Waals surface area contributed by atoms with E-state index in [1.165, 1.54) is 23.1 Å². The molecule has 0 aliphatic heterocycles. The molecule has 0 aliphatic rings. The van der Waals surface area contributed by atoms with Gasteiger partial charge in [-0.1, -0.05) is 63.6 Å². The van der Waals surface area contributed by atoms with Crippen molar-refractivity contribution in [2.45, 2.75) is 31.7 Å². The number of halogens is 2. The lowest BCUT2D eigenvalue weighted by Crippen LogP contribution is -2.15. The zero-order valence-electron chi connectivity index (χ0n) is 18.4. The van der Waals surface area contributed by atoms with E-state index in [0.29, 0.717) is 33.4 Å². The predicted octanol–water partition coefficient (Wildman–Crippen LogP) is 6.71. The minimum Gasteiger partial charge on any atom is -0.481 e. The average Bonchev–Trinajstić information content (AvgIpc) is 3.46. The number of hydrogen-bond donors (Lipinski definition) is 1. The molecule has 0 saturated heterocycles. The third-order valence-electron chi connectivity index (χ3n) is 4.79. The number of anilines is 1. The fraction of sp³-hybridized carbons (Fsp3) is 0.217. The molecule has 2 aromatic heterocycles. The van der Waals surface area contributed by atoms with Crippen molar-refractivity contribution in [2.24, 2.45) is 0 Å². The molecule has 1 unspecified atom stereocenters. The van der Waals surface area contributed by atoms with Crippen LogP contribution in [-0.2, 0) is 11.3 Å². The van der Waals surface area contributed by atoms with Crippen LogP contribution in [0, 0.1) is 0 Å². The number of benzene rings is 2. The van der Waals surface area contributed by atoms with Crippen molar-refractivity contribution >= 4 is 61.7 Å². The van der Waals surface area contributed by atoms with Crippen molar-refractivity contribution in [1.29, 1.82) is 0 Å². The van der Waals surface area contributed by atoms with Gasteiger partial charge in [0.15, 0.2) is 22.2 Å². The van der Waals surface area contributed by atoms with Crippen LogP contribution in [0.2, 0.25) is 5.02 Å². The summed E-state index contributed by atoms with van der Waals surface area (Å²) >= 11 is 12.3. The number of rotatable bonds is 9. The maximum Gasteiger partial charge on any atom is 0.236 e. The van der Waals surface area contributed by atoms with Gasteiger partial charge >= 0.3 is 0 Å². The molecule has 0 radical (unpaired) electrons. The van der Waals surface area contributed by atoms with Crippen LogP contribution in [0.15, 0.2) is 63.5 Å². The fourth-order valence-corrected chi connectivity index (χ4v) is 5.15. The molecule has 0 spiro atoms. The van der Waals surface area contributed by atoms with Crippen LogP contribution in [0.25, 0.3) is 11.3 Å². The highest BCUT2D eigenvalue weighted by Crippen LogP contribution is 2.30. The van der Waals surface area contributed by atoms with Crippen molar-refractivity contribution in [1.82, 2.24) is 19.7 Å². The van der Waals surface area contributed by atoms with Crippen LogP contribution in [0.5, 0.6) is 5.75 Å². The van der Waals surface area contributed by atoms with Gasteiger partial charge in [-0.3, -0.25) is 4.79 Å². The van der Waals surface area contributed by atoms with E-state index in [9.17, 15) is 4.79 Å². The number of ether oxygens (including phenoxy) is 1. The molecule has 2 heterocycles. The summed E-state index contributed by atoms with van der Waals surface area (Å²) in [5.41, 5.74) is 1.81. The largest absolute Gasteiger partial charge is 0.481 e. The highest BCUT2D eigenvalue weighted by Gasteiger charge is 2.20. The third kappa shape index (κ3) is 5.99. The Bertz CT molecular complexity index is 1280. The monoisotopic (exact) mass is 577 g/mol. The molecule has 1 N–H and O–H groups in total. The second-order valence-electron chi connectivity index (χ2n) is 7.16. The summed E-state index contributed by atoms with van der Waals surface area (Å²) in [6.45, 7) is 4.54. The Morgan fingerprint density at radius 1 is 1.24 bits per heavy atom. The molecule has 2 aromatic carbocycles. The quantitative estimate of drug-likeness (QED) is 0.222. The first kappa shape index (κ1) is 24.7. The summed E-state index contributed by atoms with van der Waals surface area (Å²) in [5, 5.41) is 15.1. The molecule has 34 heavy (non-hydrogen) atoms. The van der Waals surface area contributed by atoms with E-state index in [4.69, 9.17) is 16.3 Å². The number of thioether (sulfide) groups is 1. The smallest absolute Gasteiger partial charge is 0.236 e. The maximum atomic E-state index is 12.5. The molecule has 0 saturated carbocycles. The number of amides is 1. The summed E-state index contributed by atoms with van der Waals surface area (Å²) in [7, 11) is 0. The number of nitrogens with one attached hydrogen (secondary N) is 1. The van der Waals surface area contributed by atoms with E-state index < -0.39 is 0 Å². The number of nitrogens with zero attached hydrogens (tertiary/aromatic N) is 4. The van der Waals surface area contributed by atoms with Gasteiger partial charge in [0.05, 0.1) is 16.5 Å². The zero-order chi connectivity index (χ0) is 24.1. The molecule has 1 amide bonds. The molecule has 4 aromatic rings. The molecule has 0 fully saturated rings. The minimum atomic E-state index is -0.358. The van der Waals surface area contributed by atoms with Crippen LogP contribution >= 0.6 is 50.6 Å². The number of aromatic nitrogens is 4. The number of carbonyl (C=O) groups is 1. The van der Waals surface area contributed by atoms with Crippen LogP contribution in [0.1, 0.15) is 25.8 Å². The van der Waals surface area contributed by atoms with Gasteiger partial charge in [-0.05, 0) is 38.1 Å². The van der Waals surface area contributed by atoms with Gasteiger partial charge in [0, 0.05) is 22.0 Å². The van der Waals surface area contributed by atoms with Gasteiger partial charge < -0.3 is 14.6 Å². The summed E-state index contributed by atoms with van der Waals surface area (Å²) in [4.78, 5) is 17.0. The molecular formula is C23H21BrClN5O2S2. The molecule has 7 nitrogen and oxygen atoms in total. The first-order valence-electron chi connectivity index (χ1n) is 10.4. The summed E-state index contributed by atoms with van der Waals surface area (Å²) in [5.74, 6) is 1.28. The predicted molar refractivity (Wildman–Crippen MR) is 141 cm³/mol. The third-order valence-corrected chi connectivity index (χ3v) is 7.35. The molecule has 0 bridgehead atoms. The minimum absolute atomic E-state index is 0.158. The normalized spacial score (nSPS) is 11.9. The summed E-state index contributed by atoms with van der Waals surface area (Å²) < 4.78 is 8.93. The molecule has 1 atom stereocenters. The van der Waals surface area contributed by atoms with Gasteiger partial charge in [-0.2, -0.15) is 0 Å². The zero-order valence-corrected chi connectivity index (χ0v) is 22.3. The van der Waals surface area contributed by atoms with Crippen LogP contribution in [0.4, 0.5) is 5.13 Å². The highest BCUT2D eigenvalue weighted by molar-refractivity contribution is 9.10. The first-order valence-corrected chi connectivity index (χ1v) is 13.5. The van der Waals surface area contributed by atoms with E-state index in [0.717, 1.165) is 15.7 Å². The van der Waals surface area contributed by atoms with E-state index in [1.807, 2.05) is 66.3 Å². The fourth-order valence-electron chi connectivity index (χ4n) is 3.16. The lowest BCUT2D eigenvalue weighted by Gasteiger charge is -2.16. The molecule has 4 rings (SSSR count). The Labute approximate surface area is 219 Å². The van der Waals surface area contributed by atoms with Crippen molar-refractivity contribution in [3.8, 4) is 17.0 Å². The summed E-state index contributed by atoms with van der Waals surface area (Å²) in [6.07, 6.45) is -0.358. The Morgan fingerprint density at radius 3 is 2.74 bits per heavy atom. The Morgan fingerprint density at radius 2 is 2.00 bits per heavy atom. The SMILES string of the molecule is CCn1c(SCC(=O)Nc2nc(-c3ccc(Br)cc3)cs2)nnc1C(C)Oc1ccccc1Cl. The van der Waals surface area contributed by atoms with Gasteiger partial charge in [-0.15, -0.1) is 21.5 Å². The standard InChI is InChI=1S/C23H21BrClN5O2S2/c1-3-30-21(14(2)32-19-7-5-4-6-17(19)25)28-29-23(30)34-13-20(31)27-22-26-18(12-33-22)15-8-10-16(24)11-9-15/h4-12,14H,3,13H2,1-2H3,(H,26,27,31). The van der Waals surface area contributed by atoms with Crippen LogP contribution in [-0.4, -0.2) is 31.4 Å². The number of hydrogen-bond acceptors (Lipinski definition) is 7. The lowest BCUT2D eigenvalue weighted by molar-refractivity contribution is -0.113. The molecular weight excluding hydrogens is 558 g/mol. The van der Waals surface area contributed by atoms with Gasteiger partial charge in [0.2, 0.25) is 5.91 Å². The van der Waals surface area contributed by atoms with Crippen molar-refractivity contribution in [2.75, 3.05) is 11.1 Å². The topological polar surface area (TPSA) is 81.9 Å². The van der Waals surface area contributed by atoms with Gasteiger partial charge in [0.1, 0.15) is 5.75 Å². The van der Waals surface area contributed by atoms with Crippen molar-refractivity contribution in [3.63, 3.8) is 0 Å². The Balaban J connectivity index is 1.36. The molecule has 11 heteroatoms. The Hall–Kier alpha value is -2.40. The number of thiazole rings is 1. The van der Waals surface area contributed by atoms with Crippen molar-refractivity contribution < 1.29 is 9.53 Å². The van der Waals surface area contributed by atoms with Crippen LogP contribution < -0.4 is 10.1 Å². The first-order chi connectivity index (χ1) is 16.4. The second kappa shape index (κ2) is 11.4. The van der Waals surface area contributed by atoms with Crippen LogP contribution in [0.3, 0.4) is 0 Å². The number of carbonyl (C=O) groups excluding carboxylic acids is 1. The summed E-state index contributed by atoms with van der Waals surface area (Å²) in [6, 6.07) is 15.2. The van der Waals surface area contributed by atoms with Gasteiger partial charge in [-0.25, -0.2) is 4.98 Å². The molecule has 176 valence electrons. The second-order valence-corrected chi connectivity index (χ2v) is 10.3. The van der Waals surface area contributed by atoms with E-state index in [-0.39, 0.29) is 17.8 Å². The van der Waals surface area contributed by atoms with E-state index in [1.54, 1.807) is 6.07 Å². The Kier molecular flexibility index (Phi) is 8.25. The van der Waals surface area contributed by atoms with E-state index >= 15 is 0 Å². The number of para-hydroxylation sites is 1. The lowest BCUT2D eigenvalue weighted by atomic mass is 10.2. The van der Waals surface area contributed by atoms with E-state index in [2.05, 4.69) is 36.4 Å². The maximum absolute atomic E-state index is 12.5. The average molecular weight is 579 g/mol.